The van der Waals surface area contributed by atoms with E-state index in [4.69, 9.17) is 23.6 Å². The van der Waals surface area contributed by atoms with Gasteiger partial charge in [0.1, 0.15) is 0 Å². The first kappa shape index (κ1) is 62.4. The Kier molecular flexibility index (Phi) is 23.3. The molecule has 402 valence electrons. The molecule has 10 rings (SSSR count). The molecule has 2 saturated heterocycles. The van der Waals surface area contributed by atoms with Crippen LogP contribution < -0.4 is 15.7 Å². The van der Waals surface area contributed by atoms with E-state index >= 15 is 0 Å². The average molecular weight is 1060 g/mol. The van der Waals surface area contributed by atoms with E-state index in [1.165, 1.54) is 91.0 Å². The molecule has 2 aromatic heterocycles. The van der Waals surface area contributed by atoms with E-state index in [-0.39, 0.29) is 57.9 Å². The molecule has 0 aliphatic carbocycles. The van der Waals surface area contributed by atoms with Crippen molar-refractivity contribution < 1.29 is 28.7 Å². The summed E-state index contributed by atoms with van der Waals surface area (Å²) in [6.45, 7) is 26.4. The van der Waals surface area contributed by atoms with Crippen molar-refractivity contribution in [1.29, 1.82) is 0 Å². The van der Waals surface area contributed by atoms with Gasteiger partial charge in [0.15, 0.2) is 0 Å². The Hall–Kier alpha value is -4.48. The molecular weight excluding hydrogens is 972 g/mol. The van der Waals surface area contributed by atoms with Crippen molar-refractivity contribution in [3.63, 3.8) is 0 Å². The summed E-state index contributed by atoms with van der Waals surface area (Å²) >= 11 is 3.72. The van der Waals surface area contributed by atoms with Crippen LogP contribution >= 0.6 is 22.7 Å². The van der Waals surface area contributed by atoms with Gasteiger partial charge < -0.3 is 28.7 Å². The fourth-order valence-electron chi connectivity index (χ4n) is 8.55. The van der Waals surface area contributed by atoms with Crippen LogP contribution in [0.3, 0.4) is 0 Å². The summed E-state index contributed by atoms with van der Waals surface area (Å²) in [4.78, 5) is 4.17. The summed E-state index contributed by atoms with van der Waals surface area (Å²) in [6.07, 6.45) is 9.79. The number of unbranched alkanes of at least 4 members (excludes halogenated alkanes) is 4. The zero-order chi connectivity index (χ0) is 54.4. The highest BCUT2D eigenvalue weighted by molar-refractivity contribution is 7.28. The van der Waals surface area contributed by atoms with Crippen molar-refractivity contribution in [3.8, 4) is 9.75 Å². The first-order chi connectivity index (χ1) is 35.6. The fraction of sp³-hybridized carbons (Fsp3) is 0.406. The van der Waals surface area contributed by atoms with Crippen LogP contribution in [0.25, 0.3) is 42.1 Å². The Labute approximate surface area is 467 Å². The maximum Gasteiger partial charge on any atom is 0.505 e. The highest BCUT2D eigenvalue weighted by Gasteiger charge is 2.53. The lowest BCUT2D eigenvalue weighted by atomic mass is 9.64. The minimum Gasteiger partial charge on any atom is -0.451 e. The van der Waals surface area contributed by atoms with Crippen LogP contribution in [0.2, 0.25) is 20.0 Å². The lowest BCUT2D eigenvalue weighted by Gasteiger charge is -2.32. The van der Waals surface area contributed by atoms with Crippen LogP contribution in [-0.4, -0.2) is 60.5 Å². The molecule has 2 N–H and O–H groups in total. The minimum atomic E-state index is -0.385. The van der Waals surface area contributed by atoms with Crippen LogP contribution in [-0.2, 0) is 25.0 Å². The molecule has 6 nitrogen and oxygen atoms in total. The molecule has 12 heteroatoms. The third kappa shape index (κ3) is 17.3. The smallest absolute Gasteiger partial charge is 0.451 e. The number of thiophene rings is 2. The number of hydrogen-bond acceptors (Lipinski definition) is 8. The number of hydrogen-bond donors (Lipinski definition) is 2. The number of rotatable bonds is 12. The molecule has 0 bridgehead atoms. The molecule has 76 heavy (non-hydrogen) atoms. The second-order valence-corrected chi connectivity index (χ2v) is 24.5. The summed E-state index contributed by atoms with van der Waals surface area (Å²) < 4.78 is 25.7. The van der Waals surface area contributed by atoms with Crippen LogP contribution in [0, 0.1) is 6.92 Å². The highest BCUT2D eigenvalue weighted by atomic mass is 32.1. The Balaban J connectivity index is 0.000000186. The van der Waals surface area contributed by atoms with Crippen molar-refractivity contribution in [2.75, 3.05) is 0 Å². The second-order valence-electron chi connectivity index (χ2n) is 22.2. The van der Waals surface area contributed by atoms with Gasteiger partial charge in [-0.15, -0.1) is 22.7 Å². The molecule has 0 spiro atoms. The van der Waals surface area contributed by atoms with E-state index in [2.05, 4.69) is 197 Å². The lowest BCUT2D eigenvalue weighted by Crippen LogP contribution is -2.41. The quantitative estimate of drug-likeness (QED) is 0.0938. The Morgan fingerprint density at radius 3 is 1.45 bits per heavy atom. The van der Waals surface area contributed by atoms with Crippen molar-refractivity contribution in [2.45, 2.75) is 171 Å². The molecule has 0 amide bonds. The normalized spacial score (nSPS) is 15.5. The van der Waals surface area contributed by atoms with Crippen LogP contribution in [0.1, 0.15) is 126 Å². The van der Waals surface area contributed by atoms with E-state index in [0.717, 1.165) is 28.4 Å². The first-order valence-electron chi connectivity index (χ1n) is 27.3. The van der Waals surface area contributed by atoms with Crippen molar-refractivity contribution in [1.82, 2.24) is 0 Å². The fourth-order valence-corrected chi connectivity index (χ4v) is 10.7. The Bertz CT molecular complexity index is 2980. The van der Waals surface area contributed by atoms with Crippen LogP contribution in [0.15, 0.2) is 152 Å². The number of aryl methyl sites for hydroxylation is 2. The lowest BCUT2D eigenvalue weighted by molar-refractivity contribution is 0.00578. The van der Waals surface area contributed by atoms with Crippen molar-refractivity contribution in [3.05, 3.63) is 162 Å². The average Bonchev–Trinajstić information content (AvgIpc) is 4.16. The van der Waals surface area contributed by atoms with E-state index in [1.54, 1.807) is 18.2 Å². The molecule has 0 unspecified atom stereocenters. The zero-order valence-corrected chi connectivity index (χ0v) is 48.9. The van der Waals surface area contributed by atoms with Crippen LogP contribution in [0.5, 0.6) is 0 Å². The maximum atomic E-state index is 9.38. The van der Waals surface area contributed by atoms with E-state index in [1.807, 2.05) is 48.5 Å². The third-order valence-electron chi connectivity index (χ3n) is 14.7. The largest absolute Gasteiger partial charge is 0.505 e. The first-order valence-corrected chi connectivity index (χ1v) is 28.9. The molecule has 2 aliphatic rings. The Morgan fingerprint density at radius 2 is 0.934 bits per heavy atom. The predicted octanol–water partition coefficient (Wildman–Crippen LogP) is 15.9. The van der Waals surface area contributed by atoms with Gasteiger partial charge >= 0.3 is 21.2 Å². The van der Waals surface area contributed by atoms with E-state index in [0.29, 0.717) is 0 Å². The van der Waals surface area contributed by atoms with Crippen molar-refractivity contribution >= 4 is 98.8 Å². The summed E-state index contributed by atoms with van der Waals surface area (Å²) in [6, 6.07) is 52.7. The van der Waals surface area contributed by atoms with E-state index in [9.17, 15) is 5.02 Å². The molecule has 2 aliphatic heterocycles. The van der Waals surface area contributed by atoms with Gasteiger partial charge in [-0.1, -0.05) is 206 Å². The second kappa shape index (κ2) is 28.4. The van der Waals surface area contributed by atoms with Gasteiger partial charge in [0.05, 0.1) is 22.4 Å². The van der Waals surface area contributed by atoms with Gasteiger partial charge in [0.2, 0.25) is 0 Å². The molecule has 0 saturated carbocycles. The number of benzene rings is 6. The summed E-state index contributed by atoms with van der Waals surface area (Å²) in [5, 5.41) is 25.6. The standard InChI is InChI=1S/C20H29BO2S2.C16H19BO2.C11H11BO.C11H10.C5H13BO.CH4/c1-6-7-8-9-10-15-11-12-16(24-15)17-13-14-18(25-17)21-22-19(2,3)20(4,5)23-21;1-15(2)16(3,4)19-17(18-15)14-10-9-12-7-5-6-8-13(12)11-14;1-12(13)11-7-6-9-4-2-3-5-10(9)8-11;1-9-6-7-10-4-2-3-5-11(10)8-9;1-3-4-5-6(2)7;/h11-14H,6-10H2,1-5H3;5-11H,1-4H3;2-8,13H,1H3;2-8H,1H3;7H,3-5H2,1-2H3;1H4. The van der Waals surface area contributed by atoms with E-state index < -0.39 is 0 Å². The maximum absolute atomic E-state index is 9.38. The third-order valence-corrected chi connectivity index (χ3v) is 17.2. The minimum absolute atomic E-state index is 0. The number of fused-ring (bicyclic) bond motifs is 3. The molecule has 0 radical (unpaired) electrons. The predicted molar refractivity (Wildman–Crippen MR) is 337 cm³/mol. The highest BCUT2D eigenvalue weighted by Crippen LogP contribution is 2.39. The molecule has 8 aromatic rings. The molecular formula is C64H86B4O6S2. The van der Waals surface area contributed by atoms with Gasteiger partial charge in [-0.05, 0) is 143 Å². The SMILES string of the molecule is C.CB(O)c1ccc2ccccc2c1.CC1(C)OB(c2ccc3ccccc3c2)OC1(C)C.CCCCB(C)O.CCCCCCc1ccc(-c2ccc(B3OC(C)(C)C(C)(C)O3)s2)s1.Cc1ccc2ccccc2c1. The summed E-state index contributed by atoms with van der Waals surface area (Å²) in [5.74, 6) is 0. The van der Waals surface area contributed by atoms with Gasteiger partial charge in [-0.2, -0.15) is 0 Å². The molecule has 2 fully saturated rings. The molecule has 4 heterocycles. The topological polar surface area (TPSA) is 77.4 Å². The summed E-state index contributed by atoms with van der Waals surface area (Å²) in [5.41, 5.74) is 2.24. The molecule has 6 aromatic carbocycles. The van der Waals surface area contributed by atoms with Gasteiger partial charge in [-0.25, -0.2) is 0 Å². The van der Waals surface area contributed by atoms with Crippen molar-refractivity contribution in [2.24, 2.45) is 0 Å². The molecule has 0 atom stereocenters. The van der Waals surface area contributed by atoms with Crippen LogP contribution in [0.4, 0.5) is 0 Å². The Morgan fingerprint density at radius 1 is 0.474 bits per heavy atom. The van der Waals surface area contributed by atoms with Gasteiger partial charge in [0.25, 0.3) is 6.92 Å². The summed E-state index contributed by atoms with van der Waals surface area (Å²) in [7, 11) is -0.535. The van der Waals surface area contributed by atoms with Gasteiger partial charge in [-0.3, -0.25) is 0 Å². The van der Waals surface area contributed by atoms with Gasteiger partial charge in [0, 0.05) is 19.4 Å². The zero-order valence-electron chi connectivity index (χ0n) is 47.2. The monoisotopic (exact) mass is 1060 g/mol.